The maximum absolute atomic E-state index is 5.54. The van der Waals surface area contributed by atoms with Gasteiger partial charge in [-0.3, -0.25) is 0 Å². The Balaban J connectivity index is 2.00. The summed E-state index contributed by atoms with van der Waals surface area (Å²) >= 11 is 0. The first-order valence-corrected chi connectivity index (χ1v) is 6.33. The molecule has 2 N–H and O–H groups in total. The summed E-state index contributed by atoms with van der Waals surface area (Å²) in [7, 11) is 2.21. The van der Waals surface area contributed by atoms with Gasteiger partial charge in [-0.1, -0.05) is 6.92 Å². The molecule has 0 aliphatic carbocycles. The van der Waals surface area contributed by atoms with Crippen LogP contribution in [0.5, 0.6) is 0 Å². The van der Waals surface area contributed by atoms with Gasteiger partial charge >= 0.3 is 0 Å². The van der Waals surface area contributed by atoms with Crippen molar-refractivity contribution in [2.75, 3.05) is 46.3 Å². The van der Waals surface area contributed by atoms with Crippen LogP contribution in [0.25, 0.3) is 0 Å². The van der Waals surface area contributed by atoms with Crippen LogP contribution in [0.3, 0.4) is 0 Å². The van der Waals surface area contributed by atoms with Crippen molar-refractivity contribution >= 4 is 0 Å². The minimum atomic E-state index is 0.808. The predicted octanol–water partition coefficient (Wildman–Crippen LogP) is 0.999. The fourth-order valence-electron chi connectivity index (χ4n) is 2.16. The molecule has 1 aliphatic rings. The van der Waals surface area contributed by atoms with E-state index in [9.17, 15) is 0 Å². The maximum atomic E-state index is 5.54. The van der Waals surface area contributed by atoms with E-state index >= 15 is 0 Å². The van der Waals surface area contributed by atoms with Crippen LogP contribution >= 0.6 is 0 Å². The normalized spacial score (nSPS) is 21.8. The third-order valence-corrected chi connectivity index (χ3v) is 3.43. The van der Waals surface area contributed by atoms with Gasteiger partial charge in [0.05, 0.1) is 0 Å². The van der Waals surface area contributed by atoms with E-state index in [4.69, 9.17) is 5.73 Å². The Kier molecular flexibility index (Phi) is 6.22. The van der Waals surface area contributed by atoms with Crippen LogP contribution in [-0.4, -0.2) is 56.1 Å². The fraction of sp³-hybridized carbons (Fsp3) is 1.00. The summed E-state index contributed by atoms with van der Waals surface area (Å²) in [4.78, 5) is 5.00. The van der Waals surface area contributed by atoms with Crippen molar-refractivity contribution in [1.29, 1.82) is 0 Å². The molecule has 1 heterocycles. The number of likely N-dealkylation sites (N-methyl/N-ethyl adjacent to an activating group) is 1. The smallest absolute Gasteiger partial charge is 0.0110 e. The molecule has 0 aromatic rings. The average molecular weight is 213 g/mol. The molecule has 90 valence electrons. The average Bonchev–Trinajstić information content (AvgIpc) is 2.21. The quantitative estimate of drug-likeness (QED) is 0.714. The van der Waals surface area contributed by atoms with Gasteiger partial charge in [-0.25, -0.2) is 0 Å². The Hall–Kier alpha value is -0.120. The highest BCUT2D eigenvalue weighted by atomic mass is 15.2. The summed E-state index contributed by atoms with van der Waals surface area (Å²) in [6.07, 6.45) is 3.86. The first-order chi connectivity index (χ1) is 7.22. The van der Waals surface area contributed by atoms with Crippen molar-refractivity contribution in [3.8, 4) is 0 Å². The van der Waals surface area contributed by atoms with Crippen LogP contribution in [0.1, 0.15) is 26.2 Å². The van der Waals surface area contributed by atoms with E-state index in [1.807, 2.05) is 0 Å². The molecular formula is C12H27N3. The lowest BCUT2D eigenvalue weighted by atomic mass is 10.0. The van der Waals surface area contributed by atoms with Crippen molar-refractivity contribution in [2.24, 2.45) is 11.7 Å². The molecule has 1 fully saturated rings. The Bertz CT molecular complexity index is 153. The second-order valence-electron chi connectivity index (χ2n) is 4.97. The second kappa shape index (κ2) is 7.20. The van der Waals surface area contributed by atoms with Gasteiger partial charge in [0, 0.05) is 26.2 Å². The van der Waals surface area contributed by atoms with Crippen LogP contribution in [0.2, 0.25) is 0 Å². The van der Waals surface area contributed by atoms with Crippen LogP contribution in [0.4, 0.5) is 0 Å². The molecule has 0 amide bonds. The molecule has 3 heteroatoms. The van der Waals surface area contributed by atoms with E-state index in [1.54, 1.807) is 0 Å². The lowest BCUT2D eigenvalue weighted by Gasteiger charge is -2.32. The summed E-state index contributed by atoms with van der Waals surface area (Å²) < 4.78 is 0. The summed E-state index contributed by atoms with van der Waals surface area (Å²) in [5.41, 5.74) is 5.54. The number of hydrogen-bond donors (Lipinski definition) is 1. The van der Waals surface area contributed by atoms with Gasteiger partial charge in [0.1, 0.15) is 0 Å². The molecule has 15 heavy (non-hydrogen) atoms. The van der Waals surface area contributed by atoms with E-state index in [1.165, 1.54) is 52.0 Å². The minimum Gasteiger partial charge on any atom is -0.330 e. The summed E-state index contributed by atoms with van der Waals surface area (Å²) in [5, 5.41) is 0. The molecule has 0 spiro atoms. The fourth-order valence-corrected chi connectivity index (χ4v) is 2.16. The van der Waals surface area contributed by atoms with E-state index in [0.717, 1.165) is 12.5 Å². The van der Waals surface area contributed by atoms with Crippen LogP contribution in [0.15, 0.2) is 0 Å². The van der Waals surface area contributed by atoms with Crippen molar-refractivity contribution in [1.82, 2.24) is 9.80 Å². The van der Waals surface area contributed by atoms with E-state index in [2.05, 4.69) is 23.8 Å². The van der Waals surface area contributed by atoms with Crippen LogP contribution in [0, 0.1) is 5.92 Å². The number of hydrogen-bond acceptors (Lipinski definition) is 3. The largest absolute Gasteiger partial charge is 0.330 e. The zero-order valence-electron chi connectivity index (χ0n) is 10.4. The first kappa shape index (κ1) is 12.9. The molecule has 1 aliphatic heterocycles. The lowest BCUT2D eigenvalue weighted by molar-refractivity contribution is 0.150. The predicted molar refractivity (Wildman–Crippen MR) is 66.0 cm³/mol. The van der Waals surface area contributed by atoms with Gasteiger partial charge in [-0.05, 0) is 45.3 Å². The topological polar surface area (TPSA) is 32.5 Å². The van der Waals surface area contributed by atoms with E-state index in [0.29, 0.717) is 0 Å². The lowest BCUT2D eigenvalue weighted by Crippen LogP contribution is -2.44. The molecule has 0 saturated carbocycles. The molecule has 1 rings (SSSR count). The Morgan fingerprint density at radius 3 is 2.40 bits per heavy atom. The van der Waals surface area contributed by atoms with Gasteiger partial charge in [0.25, 0.3) is 0 Å². The highest BCUT2D eigenvalue weighted by Crippen LogP contribution is 2.10. The Morgan fingerprint density at radius 2 is 1.80 bits per heavy atom. The van der Waals surface area contributed by atoms with E-state index in [-0.39, 0.29) is 0 Å². The third kappa shape index (κ3) is 5.50. The highest BCUT2D eigenvalue weighted by molar-refractivity contribution is 4.69. The number of nitrogens with zero attached hydrogens (tertiary/aromatic N) is 2. The zero-order valence-corrected chi connectivity index (χ0v) is 10.4. The van der Waals surface area contributed by atoms with Gasteiger partial charge < -0.3 is 15.5 Å². The van der Waals surface area contributed by atoms with Gasteiger partial charge in [0.2, 0.25) is 0 Å². The van der Waals surface area contributed by atoms with E-state index < -0.39 is 0 Å². The molecule has 1 atom stereocenters. The van der Waals surface area contributed by atoms with Crippen LogP contribution < -0.4 is 5.73 Å². The second-order valence-corrected chi connectivity index (χ2v) is 4.97. The van der Waals surface area contributed by atoms with Crippen molar-refractivity contribution in [2.45, 2.75) is 26.2 Å². The highest BCUT2D eigenvalue weighted by Gasteiger charge is 2.13. The monoisotopic (exact) mass is 213 g/mol. The van der Waals surface area contributed by atoms with Crippen LogP contribution in [-0.2, 0) is 0 Å². The molecule has 3 nitrogen and oxygen atoms in total. The molecule has 0 aromatic carbocycles. The molecule has 1 saturated heterocycles. The standard InChI is InChI=1S/C12H27N3/c1-12(5-6-13)4-3-7-15-10-8-14(2)9-11-15/h12H,3-11,13H2,1-2H3. The zero-order chi connectivity index (χ0) is 11.1. The van der Waals surface area contributed by atoms with Gasteiger partial charge in [-0.15, -0.1) is 0 Å². The van der Waals surface area contributed by atoms with Crippen molar-refractivity contribution in [3.05, 3.63) is 0 Å². The first-order valence-electron chi connectivity index (χ1n) is 6.33. The molecule has 0 bridgehead atoms. The Morgan fingerprint density at radius 1 is 1.13 bits per heavy atom. The molecule has 0 aromatic heterocycles. The van der Waals surface area contributed by atoms with Gasteiger partial charge in [-0.2, -0.15) is 0 Å². The van der Waals surface area contributed by atoms with Gasteiger partial charge in [0.15, 0.2) is 0 Å². The molecular weight excluding hydrogens is 186 g/mol. The van der Waals surface area contributed by atoms with Crippen molar-refractivity contribution in [3.63, 3.8) is 0 Å². The molecule has 1 unspecified atom stereocenters. The summed E-state index contributed by atoms with van der Waals surface area (Å²) in [5.74, 6) is 0.808. The SMILES string of the molecule is CC(CCN)CCCN1CCN(C)CC1. The maximum Gasteiger partial charge on any atom is 0.0110 e. The number of piperazine rings is 1. The minimum absolute atomic E-state index is 0.808. The summed E-state index contributed by atoms with van der Waals surface area (Å²) in [6.45, 7) is 9.41. The number of rotatable bonds is 6. The molecule has 0 radical (unpaired) electrons. The summed E-state index contributed by atoms with van der Waals surface area (Å²) in [6, 6.07) is 0. The number of nitrogens with two attached hydrogens (primary N) is 1. The third-order valence-electron chi connectivity index (χ3n) is 3.43. The van der Waals surface area contributed by atoms with Crippen molar-refractivity contribution < 1.29 is 0 Å². The Labute approximate surface area is 94.6 Å².